The molecule has 4 aliphatic rings. The van der Waals surface area contributed by atoms with Gasteiger partial charge in [0.2, 0.25) is 0 Å². The van der Waals surface area contributed by atoms with E-state index >= 15 is 0 Å². The molecule has 0 fully saturated rings. The summed E-state index contributed by atoms with van der Waals surface area (Å²) in [6, 6.07) is 4.06. The third kappa shape index (κ3) is 38.5. The molecule has 7 aromatic rings. The van der Waals surface area contributed by atoms with Crippen molar-refractivity contribution in [2.24, 2.45) is 36.6 Å². The second-order valence-corrected chi connectivity index (χ2v) is 40.8. The van der Waals surface area contributed by atoms with Gasteiger partial charge in [0.1, 0.15) is 36.0 Å². The Morgan fingerprint density at radius 2 is 1.11 bits per heavy atom. The number of aryl methyl sites for hydroxylation is 7. The average Bonchev–Trinajstić information content (AvgIpc) is 1.63. The Balaban J connectivity index is 0.000000605. The predicted octanol–water partition coefficient (Wildman–Crippen LogP) is 25.1. The largest absolute Gasteiger partial charge is 0.454 e. The van der Waals surface area contributed by atoms with E-state index in [0.29, 0.717) is 5.41 Å². The van der Waals surface area contributed by atoms with Crippen molar-refractivity contribution in [2.45, 2.75) is 348 Å². The molecular weight excluding hydrogens is 1390 g/mol. The van der Waals surface area contributed by atoms with Crippen LogP contribution in [0.5, 0.6) is 0 Å². The van der Waals surface area contributed by atoms with E-state index in [-0.39, 0.29) is 66.2 Å². The van der Waals surface area contributed by atoms with E-state index in [1.54, 1.807) is 30.3 Å². The fraction of sp³-hybridized carbons (Fsp3) is 0.637. The zero-order chi connectivity index (χ0) is 85.5. The summed E-state index contributed by atoms with van der Waals surface area (Å²) in [6.45, 7) is 92.8. The number of aliphatic imine (C=N–C) groups is 3. The van der Waals surface area contributed by atoms with Crippen molar-refractivity contribution in [1.82, 2.24) is 44.8 Å². The van der Waals surface area contributed by atoms with Crippen LogP contribution in [0.2, 0.25) is 0 Å². The number of esters is 1. The first-order chi connectivity index (χ1) is 49.5. The van der Waals surface area contributed by atoms with Gasteiger partial charge in [-0.05, 0) is 124 Å². The Morgan fingerprint density at radius 1 is 0.536 bits per heavy atom. The summed E-state index contributed by atoms with van der Waals surface area (Å²) in [5, 5.41) is 16.8. The highest BCUT2D eigenvalue weighted by Crippen LogP contribution is 2.33. The molecule has 19 heteroatoms. The fourth-order valence-corrected chi connectivity index (χ4v) is 10.9. The normalized spacial score (nSPS) is 15.0. The van der Waals surface area contributed by atoms with Gasteiger partial charge in [-0.25, -0.2) is 19.7 Å². The van der Waals surface area contributed by atoms with Crippen LogP contribution in [-0.2, 0) is 47.4 Å². The summed E-state index contributed by atoms with van der Waals surface area (Å²) in [7, 11) is 0. The van der Waals surface area contributed by atoms with Gasteiger partial charge in [0.15, 0.2) is 11.8 Å². The number of cyclic esters (lactones) is 1. The Morgan fingerprint density at radius 3 is 1.31 bits per heavy atom. The van der Waals surface area contributed by atoms with Crippen molar-refractivity contribution in [2.75, 3.05) is 13.1 Å². The number of hydrogen-bond acceptors (Lipinski definition) is 17. The first kappa shape index (κ1) is 100. The Kier molecular flexibility index (Phi) is 37.6. The molecule has 0 saturated carbocycles. The van der Waals surface area contributed by atoms with Gasteiger partial charge in [-0.1, -0.05) is 251 Å². The fourth-order valence-electron chi connectivity index (χ4n) is 9.97. The van der Waals surface area contributed by atoms with Gasteiger partial charge in [0.25, 0.3) is 0 Å². The third-order valence-electron chi connectivity index (χ3n) is 17.1. The molecule has 0 saturated heterocycles. The summed E-state index contributed by atoms with van der Waals surface area (Å²) in [6.07, 6.45) is 18.0. The molecule has 7 aromatic heterocycles. The second kappa shape index (κ2) is 41.2. The summed E-state index contributed by atoms with van der Waals surface area (Å²) >= 11 is 1.54. The number of H-pyrrole nitrogens is 2. The SMILES string of the molecule is CC(C)(C)C1C=CC(=O)O1.CC1=NC(C(C)(C)C)=CC1.CC1=NCC(C(C)(C)C)=C1.CC1=NCC=C1C(C)(C)C.Cc1cc(C(C)(C)C)n[nH]1.Cc1cc(C(C)(C)C)on1.Cc1nc(C(C)(C)C)co1.Cc1ncc(C(C)(C)C)[nH]1.Cc1ncc(C(C)(C)C)o1.Cc1nocc1C(C)(C)C.Cc1nscc1C(C)(C)C. The van der Waals surface area contributed by atoms with Crippen LogP contribution in [0.1, 0.15) is 336 Å². The highest BCUT2D eigenvalue weighted by Gasteiger charge is 2.30. The molecule has 0 radical (unpaired) electrons. The van der Waals surface area contributed by atoms with Crippen LogP contribution in [0, 0.1) is 70.1 Å². The molecule has 1 unspecified atom stereocenters. The highest BCUT2D eigenvalue weighted by molar-refractivity contribution is 7.03. The minimum atomic E-state index is -0.222. The number of aromatic nitrogens is 9. The monoisotopic (exact) mass is 1540 g/mol. The van der Waals surface area contributed by atoms with Gasteiger partial charge in [-0.2, -0.15) is 9.47 Å². The molecule has 0 spiro atoms. The number of allylic oxidation sites excluding steroid dienone is 4. The number of hydrogen-bond donors (Lipinski definition) is 2. The lowest BCUT2D eigenvalue weighted by molar-refractivity contribution is -0.142. The van der Waals surface area contributed by atoms with Crippen molar-refractivity contribution < 1.29 is 27.4 Å². The van der Waals surface area contributed by atoms with Gasteiger partial charge >= 0.3 is 5.97 Å². The number of ether oxygens (including phenoxy) is 1. The Labute approximate surface area is 670 Å². The van der Waals surface area contributed by atoms with Crippen LogP contribution in [0.4, 0.5) is 0 Å². The quantitative estimate of drug-likeness (QED) is 0.135. The third-order valence-corrected chi connectivity index (χ3v) is 17.8. The number of rotatable bonds is 0. The van der Waals surface area contributed by atoms with Crippen LogP contribution in [0.15, 0.2) is 123 Å². The van der Waals surface area contributed by atoms with Gasteiger partial charge in [-0.3, -0.25) is 20.1 Å². The van der Waals surface area contributed by atoms with Gasteiger partial charge in [0.05, 0.1) is 47.8 Å². The molecule has 0 aromatic carbocycles. The molecule has 4 aliphatic heterocycles. The zero-order valence-corrected chi connectivity index (χ0v) is 77.8. The van der Waals surface area contributed by atoms with Gasteiger partial charge in [0, 0.05) is 122 Å². The van der Waals surface area contributed by atoms with Crippen LogP contribution < -0.4 is 0 Å². The molecule has 11 heterocycles. The van der Waals surface area contributed by atoms with E-state index in [2.05, 4.69) is 325 Å². The maximum absolute atomic E-state index is 10.6. The van der Waals surface area contributed by atoms with Crippen molar-refractivity contribution in [3.63, 3.8) is 0 Å². The molecule has 1 atom stereocenters. The lowest BCUT2D eigenvalue weighted by atomic mass is 9.84. The standard InChI is InChI=1S/3C9H15N.2C8H14N2.4C8H13NO.C8H13NS.C8H12O2/c1-7-5-8(6-10-7)9(2,3)4;1-7-8(5-6-10-7)9(2,3)4;1-7-5-6-8(10-7)9(2,3)4;1-6-9-5-7(10-6)8(2,3)4;1-6-5-7(10-9-6)8(2,3)4;1-6-9-7(5-10-6)8(2,3)4;1-6-9-5-7(10-6)8(2,3)4;1-6-7(5-10-9-6)8(2,3)4;1-6-5-7(10-9-6)8(2,3)4;1-6-7(5-10-9-6)8(2,3)4;1-8(2,3)6-4-5-7(9)10-6/h2*5H,6H2,1-4H3;6H,5H2,1-4H3;2*5H,1-4H3,(H,9,10);5*5H,1-4H3;4-6H,1-3H3. The molecular formula is C91H150N12O6S. The Bertz CT molecular complexity index is 3790. The maximum atomic E-state index is 10.6. The molecule has 18 nitrogen and oxygen atoms in total. The molecule has 2 N–H and O–H groups in total. The van der Waals surface area contributed by atoms with E-state index in [1.165, 1.54) is 62.6 Å². The van der Waals surface area contributed by atoms with Crippen molar-refractivity contribution >= 4 is 34.6 Å². The van der Waals surface area contributed by atoms with Crippen LogP contribution in [0.3, 0.4) is 0 Å². The van der Waals surface area contributed by atoms with Crippen molar-refractivity contribution in [1.29, 1.82) is 0 Å². The number of nitrogens with one attached hydrogen (secondary N) is 2. The minimum absolute atomic E-state index is 0.0304. The predicted molar refractivity (Wildman–Crippen MR) is 464 cm³/mol. The number of nitrogens with zero attached hydrogens (tertiary/aromatic N) is 10. The van der Waals surface area contributed by atoms with Gasteiger partial charge < -0.3 is 27.6 Å². The van der Waals surface area contributed by atoms with E-state index in [1.807, 2.05) is 80.7 Å². The molecule has 0 bridgehead atoms. The number of imidazole rings is 1. The topological polar surface area (TPSA) is 238 Å². The van der Waals surface area contributed by atoms with E-state index in [9.17, 15) is 4.79 Å². The van der Waals surface area contributed by atoms with E-state index in [4.69, 9.17) is 22.6 Å². The molecule has 0 amide bonds. The first-order valence-corrected chi connectivity index (χ1v) is 39.6. The van der Waals surface area contributed by atoms with Crippen molar-refractivity contribution in [3.05, 3.63) is 170 Å². The average molecular weight is 1540 g/mol. The second-order valence-electron chi connectivity index (χ2n) is 40.2. The minimum Gasteiger partial charge on any atom is -0.454 e. The zero-order valence-electron chi connectivity index (χ0n) is 77.0. The smallest absolute Gasteiger partial charge is 0.331 e. The molecule has 110 heavy (non-hydrogen) atoms. The summed E-state index contributed by atoms with van der Waals surface area (Å²) in [4.78, 5) is 39.2. The number of carbonyl (C=O) groups is 1. The number of carbonyl (C=O) groups excluding carboxylic acids is 1. The Hall–Kier alpha value is -7.67. The first-order valence-electron chi connectivity index (χ1n) is 38.8. The summed E-state index contributed by atoms with van der Waals surface area (Å²) < 4.78 is 29.5. The van der Waals surface area contributed by atoms with Crippen molar-refractivity contribution in [3.8, 4) is 0 Å². The highest BCUT2D eigenvalue weighted by atomic mass is 32.1. The molecule has 0 aliphatic carbocycles. The van der Waals surface area contributed by atoms with Crippen LogP contribution in [-0.4, -0.2) is 87.1 Å². The molecule has 11 rings (SSSR count). The van der Waals surface area contributed by atoms with E-state index < -0.39 is 0 Å². The maximum Gasteiger partial charge on any atom is 0.331 e. The summed E-state index contributed by atoms with van der Waals surface area (Å²) in [5.41, 5.74) is 19.8. The van der Waals surface area contributed by atoms with Crippen LogP contribution >= 0.6 is 11.5 Å². The lowest BCUT2D eigenvalue weighted by Crippen LogP contribution is -2.25. The lowest BCUT2D eigenvalue weighted by Gasteiger charge is -2.23. The summed E-state index contributed by atoms with van der Waals surface area (Å²) in [5.74, 6) is 4.15. The number of aromatic amines is 2. The van der Waals surface area contributed by atoms with E-state index in [0.717, 1.165) is 77.1 Å². The number of oxazole rings is 2. The van der Waals surface area contributed by atoms with Crippen LogP contribution in [0.25, 0.3) is 0 Å². The molecule has 616 valence electrons. The van der Waals surface area contributed by atoms with Gasteiger partial charge in [-0.15, -0.1) is 0 Å².